The van der Waals surface area contributed by atoms with Gasteiger partial charge >= 0.3 is 13.8 Å². The van der Waals surface area contributed by atoms with E-state index in [0.717, 1.165) is 64.2 Å². The van der Waals surface area contributed by atoms with Gasteiger partial charge in [-0.2, -0.15) is 0 Å². The molecule has 398 valence electrons. The molecule has 0 spiro atoms. The summed E-state index contributed by atoms with van der Waals surface area (Å²) in [4.78, 5) is 23.0. The largest absolute Gasteiger partial charge is 0.472 e. The van der Waals surface area contributed by atoms with Crippen LogP contribution < -0.4 is 0 Å². The molecule has 0 saturated heterocycles. The Morgan fingerprint density at radius 1 is 0.464 bits per heavy atom. The van der Waals surface area contributed by atoms with Crippen LogP contribution in [0.5, 0.6) is 0 Å². The van der Waals surface area contributed by atoms with Gasteiger partial charge in [0, 0.05) is 13.0 Å². The Kier molecular flexibility index (Phi) is 49.8. The Labute approximate surface area is 426 Å². The zero-order valence-corrected chi connectivity index (χ0v) is 46.2. The zero-order chi connectivity index (χ0) is 50.5. The summed E-state index contributed by atoms with van der Waals surface area (Å²) >= 11 is 0. The molecule has 0 aliphatic heterocycles. The highest BCUT2D eigenvalue weighted by Gasteiger charge is 2.26. The molecule has 0 aliphatic carbocycles. The lowest BCUT2D eigenvalue weighted by Gasteiger charge is -2.24. The number of rotatable bonds is 51. The standard InChI is InChI=1S/C60H106NO7P/c1-6-8-10-12-14-16-18-20-22-24-26-28-30-32-34-36-38-40-42-44-46-48-50-52-55-65-57-59(58-67-69(63,64)66-56-54-61(3,4)5)68-60(62)53-51-49-47-45-43-41-39-37-35-33-31-29-27-25-23-21-19-17-15-13-11-9-7-2/h9,11,15,17,21,23-24,26-27,29,33,35,39,41,45,47,59H,6-8,10,12-14,16,18-20,22,25,28,30-32,34,36-38,40,42-44,46,48-58H2,1-5H3/p+1/b11-9-,17-15-,23-21-,26-24-,29-27-,35-33-,41-39-,47-45-. The van der Waals surface area contributed by atoms with Gasteiger partial charge in [0.05, 0.1) is 34.4 Å². The number of allylic oxidation sites excluding steroid dienone is 16. The first-order valence-electron chi connectivity index (χ1n) is 28.0. The van der Waals surface area contributed by atoms with Crippen molar-refractivity contribution in [3.05, 3.63) is 97.2 Å². The topological polar surface area (TPSA) is 91.3 Å². The molecule has 0 rings (SSSR count). The van der Waals surface area contributed by atoms with Crippen LogP contribution in [0.15, 0.2) is 97.2 Å². The van der Waals surface area contributed by atoms with Crippen LogP contribution >= 0.6 is 7.82 Å². The second-order valence-corrected chi connectivity index (χ2v) is 21.0. The number of hydrogen-bond acceptors (Lipinski definition) is 6. The maximum Gasteiger partial charge on any atom is 0.472 e. The first-order valence-corrected chi connectivity index (χ1v) is 29.5. The van der Waals surface area contributed by atoms with Crippen LogP contribution in [-0.2, 0) is 27.9 Å². The molecule has 0 aliphatic rings. The van der Waals surface area contributed by atoms with Crippen molar-refractivity contribution in [2.24, 2.45) is 0 Å². The van der Waals surface area contributed by atoms with E-state index in [1.165, 1.54) is 128 Å². The summed E-state index contributed by atoms with van der Waals surface area (Å²) in [5, 5.41) is 0. The highest BCUT2D eigenvalue weighted by molar-refractivity contribution is 7.47. The second-order valence-electron chi connectivity index (χ2n) is 19.6. The first-order chi connectivity index (χ1) is 33.6. The average Bonchev–Trinajstić information content (AvgIpc) is 3.31. The summed E-state index contributed by atoms with van der Waals surface area (Å²) < 4.78 is 35.2. The lowest BCUT2D eigenvalue weighted by molar-refractivity contribution is -0.870. The Morgan fingerprint density at radius 2 is 0.841 bits per heavy atom. The summed E-state index contributed by atoms with van der Waals surface area (Å²) in [7, 11) is 1.62. The van der Waals surface area contributed by atoms with Crippen molar-refractivity contribution in [2.45, 2.75) is 225 Å². The monoisotopic (exact) mass is 985 g/mol. The summed E-state index contributed by atoms with van der Waals surface area (Å²) in [6.07, 6.45) is 71.9. The first kappa shape index (κ1) is 66.4. The molecule has 9 heteroatoms. The van der Waals surface area contributed by atoms with Crippen LogP contribution in [0.25, 0.3) is 0 Å². The van der Waals surface area contributed by atoms with Gasteiger partial charge in [0.25, 0.3) is 0 Å². The molecule has 0 saturated carbocycles. The number of phosphoric ester groups is 1. The summed E-state index contributed by atoms with van der Waals surface area (Å²) in [6.45, 7) is 5.43. The van der Waals surface area contributed by atoms with E-state index in [4.69, 9.17) is 18.5 Å². The summed E-state index contributed by atoms with van der Waals surface area (Å²) in [5.74, 6) is -0.372. The molecule has 8 nitrogen and oxygen atoms in total. The van der Waals surface area contributed by atoms with Gasteiger partial charge < -0.3 is 18.9 Å². The normalized spacial score (nSPS) is 14.2. The van der Waals surface area contributed by atoms with Crippen molar-refractivity contribution in [2.75, 3.05) is 54.1 Å². The molecule has 2 unspecified atom stereocenters. The molecule has 69 heavy (non-hydrogen) atoms. The highest BCUT2D eigenvalue weighted by atomic mass is 31.2. The van der Waals surface area contributed by atoms with Crippen LogP contribution in [0, 0.1) is 0 Å². The van der Waals surface area contributed by atoms with Gasteiger partial charge in [0.2, 0.25) is 0 Å². The van der Waals surface area contributed by atoms with Gasteiger partial charge in [-0.1, -0.05) is 220 Å². The number of esters is 1. The predicted molar refractivity (Wildman–Crippen MR) is 298 cm³/mol. The third-order valence-corrected chi connectivity index (χ3v) is 12.6. The quantitative estimate of drug-likeness (QED) is 0.0213. The van der Waals surface area contributed by atoms with Gasteiger partial charge in [0.1, 0.15) is 19.3 Å². The van der Waals surface area contributed by atoms with E-state index >= 15 is 0 Å². The second kappa shape index (κ2) is 51.8. The molecule has 0 bridgehead atoms. The van der Waals surface area contributed by atoms with Crippen molar-refractivity contribution in [3.8, 4) is 0 Å². The number of carbonyl (C=O) groups excluding carboxylic acids is 1. The van der Waals surface area contributed by atoms with Gasteiger partial charge in [0.15, 0.2) is 0 Å². The molecular formula is C60H107NO7P+. The lowest BCUT2D eigenvalue weighted by Crippen LogP contribution is -2.37. The minimum Gasteiger partial charge on any atom is -0.457 e. The lowest BCUT2D eigenvalue weighted by atomic mass is 10.0. The van der Waals surface area contributed by atoms with E-state index in [-0.39, 0.29) is 32.2 Å². The Balaban J connectivity index is 4.21. The minimum atomic E-state index is -4.31. The summed E-state index contributed by atoms with van der Waals surface area (Å²) in [5.41, 5.74) is 0. The van der Waals surface area contributed by atoms with Crippen molar-refractivity contribution in [1.29, 1.82) is 0 Å². The SMILES string of the molecule is CC/C=C\C/C=C\C/C=C\C/C=C\C/C=C\C/C=C\C/C=C\CCCC(=O)OC(COCCCCCCCCCCCCCC/C=C\CCCCCCCCCC)COP(=O)(O)OCC[N+](C)(C)C. The smallest absolute Gasteiger partial charge is 0.457 e. The molecule has 0 amide bonds. The predicted octanol–water partition coefficient (Wildman–Crippen LogP) is 17.7. The highest BCUT2D eigenvalue weighted by Crippen LogP contribution is 2.43. The van der Waals surface area contributed by atoms with Crippen molar-refractivity contribution in [1.82, 2.24) is 0 Å². The number of ether oxygens (including phenoxy) is 2. The Bertz CT molecular complexity index is 1420. The van der Waals surface area contributed by atoms with Crippen LogP contribution in [0.1, 0.15) is 219 Å². The molecule has 0 heterocycles. The third kappa shape index (κ3) is 56.2. The third-order valence-electron chi connectivity index (χ3n) is 11.6. The minimum absolute atomic E-state index is 0.0730. The number of phosphoric acid groups is 1. The molecule has 0 fully saturated rings. The molecule has 0 radical (unpaired) electrons. The van der Waals surface area contributed by atoms with Crippen LogP contribution in [-0.4, -0.2) is 75.6 Å². The van der Waals surface area contributed by atoms with E-state index in [9.17, 15) is 14.3 Å². The van der Waals surface area contributed by atoms with Gasteiger partial charge in [-0.25, -0.2) is 4.57 Å². The number of nitrogens with zero attached hydrogens (tertiary/aromatic N) is 1. The molecule has 0 aromatic heterocycles. The van der Waals surface area contributed by atoms with Crippen LogP contribution in [0.2, 0.25) is 0 Å². The fraction of sp³-hybridized carbons (Fsp3) is 0.717. The molecule has 1 N–H and O–H groups in total. The fourth-order valence-corrected chi connectivity index (χ4v) is 8.10. The molecule has 2 atom stereocenters. The van der Waals surface area contributed by atoms with E-state index in [0.29, 0.717) is 24.1 Å². The van der Waals surface area contributed by atoms with E-state index < -0.39 is 13.9 Å². The van der Waals surface area contributed by atoms with Crippen molar-refractivity contribution < 1.29 is 37.3 Å². The number of hydrogen-bond donors (Lipinski definition) is 1. The Morgan fingerprint density at radius 3 is 1.28 bits per heavy atom. The molecule has 0 aromatic carbocycles. The number of carbonyl (C=O) groups is 1. The van der Waals surface area contributed by atoms with Gasteiger partial charge in [-0.15, -0.1) is 0 Å². The van der Waals surface area contributed by atoms with E-state index in [1.807, 2.05) is 21.1 Å². The number of unbranched alkanes of at least 4 members (excludes halogenated alkanes) is 21. The fourth-order valence-electron chi connectivity index (χ4n) is 7.36. The van der Waals surface area contributed by atoms with Gasteiger partial charge in [-0.3, -0.25) is 13.8 Å². The maximum atomic E-state index is 12.8. The van der Waals surface area contributed by atoms with Crippen molar-refractivity contribution in [3.63, 3.8) is 0 Å². The van der Waals surface area contributed by atoms with Gasteiger partial charge in [-0.05, 0) is 89.9 Å². The average molecular weight is 985 g/mol. The molecule has 0 aromatic rings. The van der Waals surface area contributed by atoms with E-state index in [2.05, 4.69) is 111 Å². The van der Waals surface area contributed by atoms with Crippen LogP contribution in [0.4, 0.5) is 0 Å². The van der Waals surface area contributed by atoms with Crippen molar-refractivity contribution >= 4 is 13.8 Å². The van der Waals surface area contributed by atoms with E-state index in [1.54, 1.807) is 0 Å². The Hall–Kier alpha value is -2.58. The molecular weight excluding hydrogens is 878 g/mol. The summed E-state index contributed by atoms with van der Waals surface area (Å²) in [6, 6.07) is 0. The maximum absolute atomic E-state index is 12.8. The number of likely N-dealkylation sites (N-methyl/N-ethyl adjacent to an activating group) is 1. The van der Waals surface area contributed by atoms with Crippen LogP contribution in [0.3, 0.4) is 0 Å². The zero-order valence-electron chi connectivity index (χ0n) is 45.3. The number of quaternary nitrogens is 1.